The molecule has 2 aromatic heterocycles. The van der Waals surface area contributed by atoms with E-state index < -0.39 is 0 Å². The second-order valence-corrected chi connectivity index (χ2v) is 8.97. The van der Waals surface area contributed by atoms with E-state index >= 15 is 0 Å². The molecule has 4 aromatic rings. The maximum Gasteiger partial charge on any atom is 0.182 e. The second-order valence-electron chi connectivity index (χ2n) is 6.82. The third-order valence-corrected chi connectivity index (χ3v) is 7.26. The number of thiophene rings is 1. The van der Waals surface area contributed by atoms with E-state index in [0.29, 0.717) is 13.2 Å². The molecule has 0 spiro atoms. The zero-order valence-electron chi connectivity index (χ0n) is 15.3. The lowest BCUT2D eigenvalue weighted by molar-refractivity contribution is 0.123. The summed E-state index contributed by atoms with van der Waals surface area (Å²) in [7, 11) is 0. The fourth-order valence-corrected chi connectivity index (χ4v) is 5.69. The summed E-state index contributed by atoms with van der Waals surface area (Å²) < 4.78 is 6.74. The Morgan fingerprint density at radius 2 is 1.54 bits per heavy atom. The van der Waals surface area contributed by atoms with Crippen LogP contribution in [-0.2, 0) is 4.74 Å². The predicted octanol–water partition coefficient (Wildman–Crippen LogP) is 5.49. The highest BCUT2D eigenvalue weighted by atomic mass is 32.1. The van der Waals surface area contributed by atoms with Crippen molar-refractivity contribution in [3.8, 4) is 20.9 Å². The van der Waals surface area contributed by atoms with Crippen LogP contribution in [0.1, 0.15) is 0 Å². The van der Waals surface area contributed by atoms with Gasteiger partial charge in [-0.3, -0.25) is 4.79 Å². The van der Waals surface area contributed by atoms with Crippen molar-refractivity contribution in [1.29, 1.82) is 0 Å². The average molecular weight is 406 g/mol. The summed E-state index contributed by atoms with van der Waals surface area (Å²) >= 11 is 3.48. The summed E-state index contributed by atoms with van der Waals surface area (Å²) in [5, 5.41) is 2.30. The van der Waals surface area contributed by atoms with Crippen LogP contribution in [0.3, 0.4) is 0 Å². The van der Waals surface area contributed by atoms with E-state index in [4.69, 9.17) is 4.74 Å². The van der Waals surface area contributed by atoms with Crippen LogP contribution in [0.5, 0.6) is 0 Å². The molecule has 0 aliphatic carbocycles. The molecular formula is C23H19NO2S2. The van der Waals surface area contributed by atoms with E-state index in [1.165, 1.54) is 20.5 Å². The molecule has 0 unspecified atom stereocenters. The molecule has 1 saturated heterocycles. The third-order valence-electron chi connectivity index (χ3n) is 4.93. The number of rotatable bonds is 3. The minimum Gasteiger partial charge on any atom is -0.378 e. The normalized spacial score (nSPS) is 14.5. The number of benzene rings is 2. The monoisotopic (exact) mass is 405 g/mol. The van der Waals surface area contributed by atoms with E-state index in [-0.39, 0.29) is 5.43 Å². The molecule has 28 heavy (non-hydrogen) atoms. The largest absolute Gasteiger partial charge is 0.378 e. The van der Waals surface area contributed by atoms with Gasteiger partial charge in [-0.2, -0.15) is 0 Å². The van der Waals surface area contributed by atoms with Crippen LogP contribution in [0.15, 0.2) is 71.5 Å². The van der Waals surface area contributed by atoms with Gasteiger partial charge in [-0.25, -0.2) is 0 Å². The Morgan fingerprint density at radius 1 is 0.786 bits per heavy atom. The van der Waals surface area contributed by atoms with E-state index in [9.17, 15) is 4.79 Å². The second kappa shape index (κ2) is 7.51. The maximum absolute atomic E-state index is 12.4. The first kappa shape index (κ1) is 17.6. The molecule has 0 N–H and O–H groups in total. The SMILES string of the molecule is O=c1cc(-c2cccc(-c3cc4ccccc4s3)c2)sc(N2CCOCC2)c1. The lowest BCUT2D eigenvalue weighted by Crippen LogP contribution is -2.36. The standard InChI is InChI=1S/C23H19NO2S2/c25-19-14-22(28-23(15-19)24-8-10-26-11-9-24)17-6-3-5-16(12-17)21-13-18-4-1-2-7-20(18)27-21/h1-7,12-15H,8-11H2. The van der Waals surface area contributed by atoms with Crippen LogP contribution >= 0.6 is 22.7 Å². The molecule has 1 fully saturated rings. The first-order valence-electron chi connectivity index (χ1n) is 9.33. The van der Waals surface area contributed by atoms with E-state index in [1.54, 1.807) is 34.8 Å². The molecular weight excluding hydrogens is 386 g/mol. The molecule has 0 radical (unpaired) electrons. The number of hydrogen-bond donors (Lipinski definition) is 0. The van der Waals surface area contributed by atoms with Gasteiger partial charge in [0.1, 0.15) is 0 Å². The Hall–Kier alpha value is -2.47. The average Bonchev–Trinajstić information content (AvgIpc) is 3.18. The Balaban J connectivity index is 1.54. The van der Waals surface area contributed by atoms with Crippen molar-refractivity contribution in [2.24, 2.45) is 0 Å². The minimum absolute atomic E-state index is 0.0579. The van der Waals surface area contributed by atoms with Crippen molar-refractivity contribution in [1.82, 2.24) is 0 Å². The molecule has 0 saturated carbocycles. The van der Waals surface area contributed by atoms with Crippen molar-refractivity contribution in [2.45, 2.75) is 0 Å². The lowest BCUT2D eigenvalue weighted by Gasteiger charge is -2.28. The highest BCUT2D eigenvalue weighted by molar-refractivity contribution is 7.22. The molecule has 3 nitrogen and oxygen atoms in total. The number of morpholine rings is 1. The first-order valence-corrected chi connectivity index (χ1v) is 11.0. The molecule has 0 atom stereocenters. The zero-order valence-corrected chi connectivity index (χ0v) is 16.9. The number of ether oxygens (including phenoxy) is 1. The van der Waals surface area contributed by atoms with Crippen molar-refractivity contribution in [3.63, 3.8) is 0 Å². The van der Waals surface area contributed by atoms with E-state index in [2.05, 4.69) is 59.5 Å². The van der Waals surface area contributed by atoms with Gasteiger partial charge in [0, 0.05) is 39.7 Å². The topological polar surface area (TPSA) is 29.5 Å². The van der Waals surface area contributed by atoms with Gasteiger partial charge in [0.05, 0.1) is 18.2 Å². The van der Waals surface area contributed by atoms with Crippen LogP contribution in [0.25, 0.3) is 31.0 Å². The summed E-state index contributed by atoms with van der Waals surface area (Å²) in [6.07, 6.45) is 0. The quantitative estimate of drug-likeness (QED) is 0.451. The van der Waals surface area contributed by atoms with Gasteiger partial charge in [-0.05, 0) is 34.7 Å². The Morgan fingerprint density at radius 3 is 2.32 bits per heavy atom. The molecule has 0 bridgehead atoms. The Labute approximate surface area is 171 Å². The number of fused-ring (bicyclic) bond motifs is 1. The van der Waals surface area contributed by atoms with E-state index in [1.807, 2.05) is 0 Å². The van der Waals surface area contributed by atoms with E-state index in [0.717, 1.165) is 28.5 Å². The Bertz CT molecular complexity index is 1160. The smallest absolute Gasteiger partial charge is 0.182 e. The lowest BCUT2D eigenvalue weighted by atomic mass is 10.1. The maximum atomic E-state index is 12.4. The van der Waals surface area contributed by atoms with Gasteiger partial charge in [0.15, 0.2) is 5.43 Å². The van der Waals surface area contributed by atoms with Crippen LogP contribution in [0.2, 0.25) is 0 Å². The number of anilines is 1. The van der Waals surface area contributed by atoms with Gasteiger partial charge >= 0.3 is 0 Å². The molecule has 1 aliphatic heterocycles. The van der Waals surface area contributed by atoms with Crippen molar-refractivity contribution >= 4 is 37.8 Å². The third kappa shape index (κ3) is 3.49. The summed E-state index contributed by atoms with van der Waals surface area (Å²) in [4.78, 5) is 16.9. The zero-order chi connectivity index (χ0) is 18.9. The van der Waals surface area contributed by atoms with Gasteiger partial charge in [-0.15, -0.1) is 22.7 Å². The van der Waals surface area contributed by atoms with Crippen LogP contribution in [-0.4, -0.2) is 26.3 Å². The van der Waals surface area contributed by atoms with Gasteiger partial charge in [0.25, 0.3) is 0 Å². The van der Waals surface area contributed by atoms with Crippen LogP contribution < -0.4 is 10.3 Å². The molecule has 1 aliphatic rings. The van der Waals surface area contributed by atoms with Crippen LogP contribution in [0.4, 0.5) is 5.00 Å². The Kier molecular flexibility index (Phi) is 4.72. The van der Waals surface area contributed by atoms with Gasteiger partial charge in [-0.1, -0.05) is 36.4 Å². The molecule has 140 valence electrons. The first-order chi connectivity index (χ1) is 13.8. The summed E-state index contributed by atoms with van der Waals surface area (Å²) in [6, 6.07) is 22.7. The van der Waals surface area contributed by atoms with Crippen LogP contribution in [0, 0.1) is 0 Å². The summed E-state index contributed by atoms with van der Waals surface area (Å²) in [6.45, 7) is 3.10. The van der Waals surface area contributed by atoms with Crippen molar-refractivity contribution in [2.75, 3.05) is 31.2 Å². The van der Waals surface area contributed by atoms with Crippen molar-refractivity contribution in [3.05, 3.63) is 77.0 Å². The van der Waals surface area contributed by atoms with Crippen molar-refractivity contribution < 1.29 is 4.74 Å². The van der Waals surface area contributed by atoms with Gasteiger partial charge < -0.3 is 9.64 Å². The highest BCUT2D eigenvalue weighted by Crippen LogP contribution is 2.36. The fraction of sp³-hybridized carbons (Fsp3) is 0.174. The number of hydrogen-bond acceptors (Lipinski definition) is 5. The highest BCUT2D eigenvalue weighted by Gasteiger charge is 2.14. The number of nitrogens with zero attached hydrogens (tertiary/aromatic N) is 1. The minimum atomic E-state index is 0.0579. The molecule has 5 heteroatoms. The molecule has 2 aromatic carbocycles. The molecule has 3 heterocycles. The fourth-order valence-electron chi connectivity index (χ4n) is 3.50. The molecule has 0 amide bonds. The molecule has 5 rings (SSSR count). The predicted molar refractivity (Wildman–Crippen MR) is 120 cm³/mol. The van der Waals surface area contributed by atoms with Gasteiger partial charge in [0.2, 0.25) is 0 Å². The summed E-state index contributed by atoms with van der Waals surface area (Å²) in [5.41, 5.74) is 2.34. The summed E-state index contributed by atoms with van der Waals surface area (Å²) in [5.74, 6) is 0.